The van der Waals surface area contributed by atoms with Crippen LogP contribution in [-0.4, -0.2) is 22.6 Å². The highest BCUT2D eigenvalue weighted by atomic mass is 35.5. The van der Waals surface area contributed by atoms with E-state index in [9.17, 15) is 4.79 Å². The number of halogens is 1. The van der Waals surface area contributed by atoms with Gasteiger partial charge in [-0.05, 0) is 43.4 Å². The van der Waals surface area contributed by atoms with Crippen LogP contribution in [-0.2, 0) is 16.8 Å². The van der Waals surface area contributed by atoms with Crippen LogP contribution < -0.4 is 10.6 Å². The first-order chi connectivity index (χ1) is 12.1. The second-order valence-corrected chi connectivity index (χ2v) is 7.29. The number of nitrogens with zero attached hydrogens (tertiary/aromatic N) is 3. The highest BCUT2D eigenvalue weighted by molar-refractivity contribution is 5.96. The van der Waals surface area contributed by atoms with Gasteiger partial charge < -0.3 is 15.2 Å². The lowest BCUT2D eigenvalue weighted by molar-refractivity contribution is -0.117. The maximum Gasteiger partial charge on any atom is 0.232 e. The quantitative estimate of drug-likeness (QED) is 0.865. The molecule has 1 amide bonds. The van der Waals surface area contributed by atoms with E-state index in [1.807, 2.05) is 17.0 Å². The van der Waals surface area contributed by atoms with Gasteiger partial charge in [0.05, 0.1) is 11.5 Å². The summed E-state index contributed by atoms with van der Waals surface area (Å²) in [6, 6.07) is 8.24. The number of amides is 1. The predicted octanol–water partition coefficient (Wildman–Crippen LogP) is 3.30. The summed E-state index contributed by atoms with van der Waals surface area (Å²) in [6.07, 6.45) is 5.46. The molecule has 1 unspecified atom stereocenters. The first kappa shape index (κ1) is 18.9. The molecule has 7 heteroatoms. The van der Waals surface area contributed by atoms with Crippen LogP contribution in [0, 0.1) is 0 Å². The number of anilines is 1. The molecule has 1 aliphatic heterocycles. The molecular weight excluding hydrogens is 352 g/mol. The van der Waals surface area contributed by atoms with Gasteiger partial charge in [-0.1, -0.05) is 30.6 Å². The Labute approximate surface area is 159 Å². The lowest BCUT2D eigenvalue weighted by Gasteiger charge is -2.34. The summed E-state index contributed by atoms with van der Waals surface area (Å²) in [7, 11) is 0. The Morgan fingerprint density at radius 3 is 2.65 bits per heavy atom. The summed E-state index contributed by atoms with van der Waals surface area (Å²) in [5.41, 5.74) is 8.05. The molecule has 0 bridgehead atoms. The summed E-state index contributed by atoms with van der Waals surface area (Å²) in [5.74, 6) is 1.15. The molecule has 2 aliphatic rings. The van der Waals surface area contributed by atoms with Crippen LogP contribution >= 0.6 is 12.4 Å². The number of benzene rings is 1. The second-order valence-electron chi connectivity index (χ2n) is 7.29. The van der Waals surface area contributed by atoms with Crippen LogP contribution in [0.3, 0.4) is 0 Å². The van der Waals surface area contributed by atoms with E-state index in [0.717, 1.165) is 37.8 Å². The number of hydrogen-bond donors (Lipinski definition) is 1. The molecule has 0 spiro atoms. The van der Waals surface area contributed by atoms with Crippen molar-refractivity contribution in [3.63, 3.8) is 0 Å². The number of carbonyl (C=O) groups is 1. The SMILES string of the molecule is CCCc1ccc(N2CC(c3nc(C4(N)CCC4)no3)CC2=O)cc1.Cl. The van der Waals surface area contributed by atoms with Gasteiger partial charge in [0, 0.05) is 18.7 Å². The van der Waals surface area contributed by atoms with Crippen LogP contribution in [0.1, 0.15) is 62.2 Å². The number of rotatable bonds is 5. The van der Waals surface area contributed by atoms with Crippen LogP contribution in [0.25, 0.3) is 0 Å². The molecule has 1 aromatic carbocycles. The smallest absolute Gasteiger partial charge is 0.232 e. The fourth-order valence-electron chi connectivity index (χ4n) is 3.64. The summed E-state index contributed by atoms with van der Waals surface area (Å²) in [4.78, 5) is 18.8. The fourth-order valence-corrected chi connectivity index (χ4v) is 3.64. The van der Waals surface area contributed by atoms with Gasteiger partial charge in [-0.2, -0.15) is 4.98 Å². The van der Waals surface area contributed by atoms with Crippen molar-refractivity contribution in [2.75, 3.05) is 11.4 Å². The van der Waals surface area contributed by atoms with Crippen molar-refractivity contribution >= 4 is 24.0 Å². The van der Waals surface area contributed by atoms with E-state index in [2.05, 4.69) is 29.2 Å². The summed E-state index contributed by atoms with van der Waals surface area (Å²) in [6.45, 7) is 2.74. The Balaban J connectivity index is 0.00000196. The van der Waals surface area contributed by atoms with E-state index in [-0.39, 0.29) is 24.2 Å². The van der Waals surface area contributed by atoms with Gasteiger partial charge in [0.25, 0.3) is 0 Å². The molecule has 26 heavy (non-hydrogen) atoms. The standard InChI is InChI=1S/C19H24N4O2.ClH/c1-2-4-13-5-7-15(8-6-13)23-12-14(11-16(23)24)17-21-18(22-25-17)19(20)9-3-10-19;/h5-8,14H,2-4,9-12,20H2,1H3;1H. The van der Waals surface area contributed by atoms with E-state index in [4.69, 9.17) is 10.3 Å². The Kier molecular flexibility index (Phi) is 5.34. The average molecular weight is 377 g/mol. The zero-order chi connectivity index (χ0) is 17.4. The molecule has 6 nitrogen and oxygen atoms in total. The summed E-state index contributed by atoms with van der Waals surface area (Å²) >= 11 is 0. The normalized spacial score (nSPS) is 21.4. The average Bonchev–Trinajstić information content (AvgIpc) is 3.21. The molecule has 1 aromatic heterocycles. The lowest BCUT2D eigenvalue weighted by atomic mass is 9.77. The molecule has 1 aliphatic carbocycles. The maximum absolute atomic E-state index is 12.5. The topological polar surface area (TPSA) is 85.2 Å². The molecule has 2 N–H and O–H groups in total. The lowest BCUT2D eigenvalue weighted by Crippen LogP contribution is -2.44. The molecule has 140 valence electrons. The molecule has 0 radical (unpaired) electrons. The van der Waals surface area contributed by atoms with E-state index < -0.39 is 5.54 Å². The molecule has 2 fully saturated rings. The van der Waals surface area contributed by atoms with Gasteiger partial charge in [-0.25, -0.2) is 0 Å². The number of hydrogen-bond acceptors (Lipinski definition) is 5. The Bertz CT molecular complexity index is 770. The van der Waals surface area contributed by atoms with Crippen molar-refractivity contribution in [3.8, 4) is 0 Å². The van der Waals surface area contributed by atoms with Crippen molar-refractivity contribution in [1.29, 1.82) is 0 Å². The predicted molar refractivity (Wildman–Crippen MR) is 101 cm³/mol. The molecular formula is C19H25ClN4O2. The van der Waals surface area contributed by atoms with Crippen molar-refractivity contribution in [2.45, 2.75) is 56.9 Å². The van der Waals surface area contributed by atoms with Gasteiger partial charge in [0.15, 0.2) is 5.82 Å². The highest BCUT2D eigenvalue weighted by Gasteiger charge is 2.41. The Morgan fingerprint density at radius 1 is 1.31 bits per heavy atom. The van der Waals surface area contributed by atoms with Gasteiger partial charge in [-0.15, -0.1) is 12.4 Å². The first-order valence-corrected chi connectivity index (χ1v) is 9.11. The van der Waals surface area contributed by atoms with E-state index in [1.54, 1.807) is 0 Å². The minimum atomic E-state index is -0.431. The molecule has 2 heterocycles. The molecule has 4 rings (SSSR count). The zero-order valence-corrected chi connectivity index (χ0v) is 15.8. The van der Waals surface area contributed by atoms with Crippen molar-refractivity contribution in [2.24, 2.45) is 5.73 Å². The molecule has 1 atom stereocenters. The van der Waals surface area contributed by atoms with Crippen LogP contribution in [0.4, 0.5) is 5.69 Å². The minimum absolute atomic E-state index is 0. The molecule has 2 aromatic rings. The number of aryl methyl sites for hydroxylation is 1. The van der Waals surface area contributed by atoms with Gasteiger partial charge in [0.2, 0.25) is 11.8 Å². The molecule has 1 saturated carbocycles. The number of carbonyl (C=O) groups excluding carboxylic acids is 1. The van der Waals surface area contributed by atoms with E-state index in [1.165, 1.54) is 5.56 Å². The first-order valence-electron chi connectivity index (χ1n) is 9.11. The zero-order valence-electron chi connectivity index (χ0n) is 15.0. The molecule has 1 saturated heterocycles. The maximum atomic E-state index is 12.5. The van der Waals surface area contributed by atoms with Gasteiger partial charge in [0.1, 0.15) is 0 Å². The monoisotopic (exact) mass is 376 g/mol. The fraction of sp³-hybridized carbons (Fsp3) is 0.526. The van der Waals surface area contributed by atoms with Crippen molar-refractivity contribution in [3.05, 3.63) is 41.5 Å². The Morgan fingerprint density at radius 2 is 2.04 bits per heavy atom. The summed E-state index contributed by atoms with van der Waals surface area (Å²) in [5, 5.41) is 4.07. The minimum Gasteiger partial charge on any atom is -0.339 e. The van der Waals surface area contributed by atoms with Crippen molar-refractivity contribution in [1.82, 2.24) is 10.1 Å². The van der Waals surface area contributed by atoms with E-state index in [0.29, 0.717) is 24.7 Å². The third-order valence-electron chi connectivity index (χ3n) is 5.39. The van der Waals surface area contributed by atoms with Gasteiger partial charge >= 0.3 is 0 Å². The summed E-state index contributed by atoms with van der Waals surface area (Å²) < 4.78 is 5.43. The van der Waals surface area contributed by atoms with E-state index >= 15 is 0 Å². The number of nitrogens with two attached hydrogens (primary N) is 1. The van der Waals surface area contributed by atoms with Gasteiger partial charge in [-0.3, -0.25) is 4.79 Å². The third kappa shape index (κ3) is 3.35. The van der Waals surface area contributed by atoms with Crippen LogP contribution in [0.5, 0.6) is 0 Å². The highest BCUT2D eigenvalue weighted by Crippen LogP contribution is 2.38. The largest absolute Gasteiger partial charge is 0.339 e. The Hall–Kier alpha value is -1.92. The third-order valence-corrected chi connectivity index (χ3v) is 5.39. The van der Waals surface area contributed by atoms with Crippen molar-refractivity contribution < 1.29 is 9.32 Å². The second kappa shape index (κ2) is 7.37. The number of aromatic nitrogens is 2. The van der Waals surface area contributed by atoms with Crippen LogP contribution in [0.2, 0.25) is 0 Å². The van der Waals surface area contributed by atoms with Crippen LogP contribution in [0.15, 0.2) is 28.8 Å².